The molecule has 6 nitrogen and oxygen atoms in total. The Balaban J connectivity index is 2.42. The van der Waals surface area contributed by atoms with E-state index in [1.54, 1.807) is 0 Å². The fourth-order valence-corrected chi connectivity index (χ4v) is 3.01. The Morgan fingerprint density at radius 1 is 1.41 bits per heavy atom. The van der Waals surface area contributed by atoms with Crippen LogP contribution in [0.25, 0.3) is 0 Å². The standard InChI is InChI=1S/C15H21NO5S/c1-10(2)21-14-5-4-12(22(3,19)20)8-13(14)15(18)16-7-6-11(17)9-16/h4-5,8,10-11,17H,6-7,9H2,1-3H3. The first-order valence-electron chi connectivity index (χ1n) is 7.16. The van der Waals surface area contributed by atoms with E-state index in [9.17, 15) is 18.3 Å². The second-order valence-electron chi connectivity index (χ2n) is 5.79. The van der Waals surface area contributed by atoms with Crippen LogP contribution in [0, 0.1) is 0 Å². The summed E-state index contributed by atoms with van der Waals surface area (Å²) < 4.78 is 29.0. The smallest absolute Gasteiger partial charge is 0.257 e. The van der Waals surface area contributed by atoms with Crippen LogP contribution in [-0.4, -0.2) is 55.9 Å². The fourth-order valence-electron chi connectivity index (χ4n) is 2.36. The van der Waals surface area contributed by atoms with Crippen molar-refractivity contribution in [2.24, 2.45) is 0 Å². The zero-order chi connectivity index (χ0) is 16.5. The second-order valence-corrected chi connectivity index (χ2v) is 7.81. The maximum Gasteiger partial charge on any atom is 0.257 e. The highest BCUT2D eigenvalue weighted by Crippen LogP contribution is 2.26. The summed E-state index contributed by atoms with van der Waals surface area (Å²) in [6.45, 7) is 4.37. The number of sulfone groups is 1. The van der Waals surface area contributed by atoms with Gasteiger partial charge in [-0.15, -0.1) is 0 Å². The molecule has 1 heterocycles. The molecule has 1 amide bonds. The van der Waals surface area contributed by atoms with Crippen molar-refractivity contribution in [3.63, 3.8) is 0 Å². The number of hydrogen-bond donors (Lipinski definition) is 1. The molecule has 0 spiro atoms. The Morgan fingerprint density at radius 2 is 2.09 bits per heavy atom. The van der Waals surface area contributed by atoms with Crippen molar-refractivity contribution in [3.8, 4) is 5.75 Å². The third-order valence-corrected chi connectivity index (χ3v) is 4.53. The van der Waals surface area contributed by atoms with E-state index in [2.05, 4.69) is 0 Å². The third kappa shape index (κ3) is 3.78. The van der Waals surface area contributed by atoms with Gasteiger partial charge in [-0.05, 0) is 38.5 Å². The lowest BCUT2D eigenvalue weighted by Crippen LogP contribution is -2.30. The van der Waals surface area contributed by atoms with Gasteiger partial charge in [0.25, 0.3) is 5.91 Å². The minimum atomic E-state index is -3.41. The van der Waals surface area contributed by atoms with Crippen LogP contribution in [0.4, 0.5) is 0 Å². The number of aliphatic hydroxyl groups is 1. The summed E-state index contributed by atoms with van der Waals surface area (Å²) in [5.41, 5.74) is 0.214. The van der Waals surface area contributed by atoms with Crippen LogP contribution in [0.5, 0.6) is 5.75 Å². The number of amides is 1. The molecule has 0 bridgehead atoms. The van der Waals surface area contributed by atoms with Crippen LogP contribution in [0.15, 0.2) is 23.1 Å². The molecule has 7 heteroatoms. The van der Waals surface area contributed by atoms with Gasteiger partial charge in [-0.3, -0.25) is 4.79 Å². The molecule has 1 unspecified atom stereocenters. The lowest BCUT2D eigenvalue weighted by Gasteiger charge is -2.20. The van der Waals surface area contributed by atoms with Gasteiger partial charge in [-0.1, -0.05) is 0 Å². The number of likely N-dealkylation sites (tertiary alicyclic amines) is 1. The van der Waals surface area contributed by atoms with E-state index in [0.717, 1.165) is 6.26 Å². The maximum absolute atomic E-state index is 12.6. The van der Waals surface area contributed by atoms with Crippen molar-refractivity contribution in [1.82, 2.24) is 4.90 Å². The first-order chi connectivity index (χ1) is 10.2. The molecule has 0 aromatic heterocycles. The fraction of sp³-hybridized carbons (Fsp3) is 0.533. The first kappa shape index (κ1) is 16.8. The van der Waals surface area contributed by atoms with Crippen LogP contribution in [0.2, 0.25) is 0 Å². The number of carbonyl (C=O) groups excluding carboxylic acids is 1. The van der Waals surface area contributed by atoms with Crippen molar-refractivity contribution >= 4 is 15.7 Å². The molecule has 1 saturated heterocycles. The number of ether oxygens (including phenoxy) is 1. The van der Waals surface area contributed by atoms with E-state index in [-0.39, 0.29) is 29.0 Å². The predicted molar refractivity (Wildman–Crippen MR) is 81.8 cm³/mol. The number of benzene rings is 1. The Morgan fingerprint density at radius 3 is 2.59 bits per heavy atom. The summed E-state index contributed by atoms with van der Waals surface area (Å²) in [6.07, 6.45) is 0.952. The van der Waals surface area contributed by atoms with Gasteiger partial charge in [0.2, 0.25) is 0 Å². The molecule has 0 aliphatic carbocycles. The normalized spacial score (nSPS) is 18.8. The summed E-state index contributed by atoms with van der Waals surface area (Å²) in [4.78, 5) is 14.2. The molecular weight excluding hydrogens is 306 g/mol. The molecular formula is C15H21NO5S. The second kappa shape index (κ2) is 6.26. The average Bonchev–Trinajstić information content (AvgIpc) is 2.83. The average molecular weight is 327 g/mol. The van der Waals surface area contributed by atoms with Crippen LogP contribution >= 0.6 is 0 Å². The van der Waals surface area contributed by atoms with E-state index in [1.807, 2.05) is 13.8 Å². The molecule has 1 N–H and O–H groups in total. The zero-order valence-corrected chi connectivity index (χ0v) is 13.8. The van der Waals surface area contributed by atoms with Gasteiger partial charge in [0.15, 0.2) is 9.84 Å². The van der Waals surface area contributed by atoms with Crippen LogP contribution in [0.3, 0.4) is 0 Å². The van der Waals surface area contributed by atoms with Gasteiger partial charge >= 0.3 is 0 Å². The molecule has 0 saturated carbocycles. The predicted octanol–water partition coefficient (Wildman–Crippen LogP) is 1.08. The van der Waals surface area contributed by atoms with Gasteiger partial charge in [-0.2, -0.15) is 0 Å². The lowest BCUT2D eigenvalue weighted by atomic mass is 10.1. The van der Waals surface area contributed by atoms with E-state index in [1.165, 1.54) is 23.1 Å². The highest BCUT2D eigenvalue weighted by atomic mass is 32.2. The van der Waals surface area contributed by atoms with Gasteiger partial charge < -0.3 is 14.7 Å². The lowest BCUT2D eigenvalue weighted by molar-refractivity contribution is 0.0758. The highest BCUT2D eigenvalue weighted by Gasteiger charge is 2.28. The quantitative estimate of drug-likeness (QED) is 0.895. The Bertz CT molecular complexity index is 669. The van der Waals surface area contributed by atoms with E-state index < -0.39 is 15.9 Å². The number of nitrogens with zero attached hydrogens (tertiary/aromatic N) is 1. The van der Waals surface area contributed by atoms with Gasteiger partial charge in [0, 0.05) is 19.3 Å². The van der Waals surface area contributed by atoms with E-state index >= 15 is 0 Å². The SMILES string of the molecule is CC(C)Oc1ccc(S(C)(=O)=O)cc1C(=O)N1CCC(O)C1. The van der Waals surface area contributed by atoms with E-state index in [0.29, 0.717) is 18.7 Å². The van der Waals surface area contributed by atoms with Crippen molar-refractivity contribution in [2.45, 2.75) is 37.4 Å². The molecule has 1 aliphatic rings. The summed E-state index contributed by atoms with van der Waals surface area (Å²) >= 11 is 0. The van der Waals surface area contributed by atoms with Gasteiger partial charge in [0.1, 0.15) is 5.75 Å². The van der Waals surface area contributed by atoms with Crippen LogP contribution < -0.4 is 4.74 Å². The monoisotopic (exact) mass is 327 g/mol. The molecule has 1 fully saturated rings. The van der Waals surface area contributed by atoms with Crippen LogP contribution in [0.1, 0.15) is 30.6 Å². The molecule has 1 atom stereocenters. The number of carbonyl (C=O) groups is 1. The Labute approximate surface area is 130 Å². The zero-order valence-electron chi connectivity index (χ0n) is 12.9. The van der Waals surface area contributed by atoms with E-state index in [4.69, 9.17) is 4.74 Å². The molecule has 1 aliphatic heterocycles. The minimum Gasteiger partial charge on any atom is -0.490 e. The first-order valence-corrected chi connectivity index (χ1v) is 9.05. The highest BCUT2D eigenvalue weighted by molar-refractivity contribution is 7.90. The molecule has 2 rings (SSSR count). The number of aliphatic hydroxyl groups excluding tert-OH is 1. The number of β-amino-alcohol motifs (C(OH)–C–C–N with tert-alkyl or cyclic N) is 1. The largest absolute Gasteiger partial charge is 0.490 e. The third-order valence-electron chi connectivity index (χ3n) is 3.42. The summed E-state index contributed by atoms with van der Waals surface area (Å²) in [6, 6.07) is 4.29. The van der Waals surface area contributed by atoms with Crippen molar-refractivity contribution < 1.29 is 23.1 Å². The topological polar surface area (TPSA) is 83.9 Å². The Kier molecular flexibility index (Phi) is 4.77. The summed E-state index contributed by atoms with van der Waals surface area (Å²) in [5, 5.41) is 9.57. The summed E-state index contributed by atoms with van der Waals surface area (Å²) in [7, 11) is -3.41. The molecule has 0 radical (unpaired) electrons. The number of rotatable bonds is 4. The molecule has 1 aromatic rings. The van der Waals surface area contributed by atoms with Crippen molar-refractivity contribution in [3.05, 3.63) is 23.8 Å². The van der Waals surface area contributed by atoms with Gasteiger partial charge in [0.05, 0.1) is 22.7 Å². The van der Waals surface area contributed by atoms with Crippen LogP contribution in [-0.2, 0) is 9.84 Å². The molecule has 122 valence electrons. The maximum atomic E-state index is 12.6. The Hall–Kier alpha value is -1.60. The van der Waals surface area contributed by atoms with Crippen molar-refractivity contribution in [1.29, 1.82) is 0 Å². The molecule has 22 heavy (non-hydrogen) atoms. The van der Waals surface area contributed by atoms with Gasteiger partial charge in [-0.25, -0.2) is 8.42 Å². The minimum absolute atomic E-state index is 0.0756. The molecule has 1 aromatic carbocycles. The summed E-state index contributed by atoms with van der Waals surface area (Å²) in [5.74, 6) is 0.0338. The number of hydrogen-bond acceptors (Lipinski definition) is 5. The van der Waals surface area contributed by atoms with Crippen molar-refractivity contribution in [2.75, 3.05) is 19.3 Å².